The third-order valence-electron chi connectivity index (χ3n) is 4.04. The lowest BCUT2D eigenvalue weighted by Gasteiger charge is -2.30. The summed E-state index contributed by atoms with van der Waals surface area (Å²) in [5.41, 5.74) is 0. The Labute approximate surface area is 104 Å². The first-order valence-corrected chi connectivity index (χ1v) is 8.33. The van der Waals surface area contributed by atoms with Crippen molar-refractivity contribution in [1.29, 1.82) is 0 Å². The molecule has 5 heteroatoms. The molecule has 2 aliphatic rings. The molecule has 0 aromatic carbocycles. The van der Waals surface area contributed by atoms with Crippen molar-refractivity contribution in [3.63, 3.8) is 0 Å². The molecule has 0 spiro atoms. The molecule has 0 radical (unpaired) electrons. The fraction of sp³-hybridized carbons (Fsp3) is 1.00. The first-order valence-electron chi connectivity index (χ1n) is 6.79. The van der Waals surface area contributed by atoms with Gasteiger partial charge in [0.2, 0.25) is 10.0 Å². The highest BCUT2D eigenvalue weighted by atomic mass is 32.2. The summed E-state index contributed by atoms with van der Waals surface area (Å²) in [7, 11) is -3.23. The molecule has 0 aliphatic heterocycles. The van der Waals surface area contributed by atoms with Crippen molar-refractivity contribution in [1.82, 2.24) is 4.72 Å². The van der Waals surface area contributed by atoms with Gasteiger partial charge >= 0.3 is 0 Å². The average molecular weight is 261 g/mol. The van der Waals surface area contributed by atoms with Gasteiger partial charge < -0.3 is 5.11 Å². The molecule has 0 aromatic heterocycles. The van der Waals surface area contributed by atoms with Crippen molar-refractivity contribution in [2.75, 3.05) is 0 Å². The van der Waals surface area contributed by atoms with E-state index in [0.29, 0.717) is 0 Å². The maximum atomic E-state index is 12.2. The van der Waals surface area contributed by atoms with E-state index < -0.39 is 16.1 Å². The third-order valence-corrected chi connectivity index (χ3v) is 6.02. The normalized spacial score (nSPS) is 32.5. The molecule has 0 aromatic rings. The summed E-state index contributed by atoms with van der Waals surface area (Å²) in [6.07, 6.45) is 7.73. The molecule has 0 bridgehead atoms. The van der Waals surface area contributed by atoms with E-state index in [1.807, 2.05) is 0 Å². The molecule has 2 N–H and O–H groups in total. The maximum Gasteiger partial charge on any atom is 0.214 e. The summed E-state index contributed by atoms with van der Waals surface area (Å²) in [6.45, 7) is 0. The van der Waals surface area contributed by atoms with Gasteiger partial charge in [-0.2, -0.15) is 0 Å². The molecule has 0 saturated heterocycles. The fourth-order valence-corrected chi connectivity index (χ4v) is 4.77. The van der Waals surface area contributed by atoms with E-state index >= 15 is 0 Å². The molecule has 2 rings (SSSR count). The van der Waals surface area contributed by atoms with Crippen LogP contribution in [-0.2, 0) is 10.0 Å². The molecule has 0 heterocycles. The van der Waals surface area contributed by atoms with Crippen LogP contribution in [0.2, 0.25) is 0 Å². The van der Waals surface area contributed by atoms with Crippen LogP contribution in [0.25, 0.3) is 0 Å². The van der Waals surface area contributed by atoms with Crippen LogP contribution < -0.4 is 4.72 Å². The lowest BCUT2D eigenvalue weighted by atomic mass is 9.93. The van der Waals surface area contributed by atoms with E-state index in [9.17, 15) is 13.5 Å². The van der Waals surface area contributed by atoms with Gasteiger partial charge in [0.15, 0.2) is 0 Å². The monoisotopic (exact) mass is 261 g/mol. The van der Waals surface area contributed by atoms with Gasteiger partial charge in [0.05, 0.1) is 11.4 Å². The Kier molecular flexibility index (Phi) is 4.44. The SMILES string of the molecule is O=S(=O)(NC1CCCCC1O)C1CCCCC1. The summed E-state index contributed by atoms with van der Waals surface area (Å²) in [6, 6.07) is -0.254. The Balaban J connectivity index is 1.95. The van der Waals surface area contributed by atoms with Gasteiger partial charge in [-0.15, -0.1) is 0 Å². The van der Waals surface area contributed by atoms with Gasteiger partial charge in [-0.1, -0.05) is 32.1 Å². The second-order valence-corrected chi connectivity index (χ2v) is 7.37. The van der Waals surface area contributed by atoms with Gasteiger partial charge in [-0.05, 0) is 25.7 Å². The van der Waals surface area contributed by atoms with Crippen LogP contribution in [0.1, 0.15) is 57.8 Å². The third kappa shape index (κ3) is 3.42. The Bertz CT molecular complexity index is 336. The molecule has 2 atom stereocenters. The topological polar surface area (TPSA) is 66.4 Å². The van der Waals surface area contributed by atoms with E-state index in [0.717, 1.165) is 57.8 Å². The number of hydrogen-bond donors (Lipinski definition) is 2. The highest BCUT2D eigenvalue weighted by Gasteiger charge is 2.32. The van der Waals surface area contributed by atoms with Crippen molar-refractivity contribution in [3.8, 4) is 0 Å². The van der Waals surface area contributed by atoms with Crippen LogP contribution in [0.4, 0.5) is 0 Å². The predicted octanol–water partition coefficient (Wildman–Crippen LogP) is 1.54. The van der Waals surface area contributed by atoms with E-state index in [2.05, 4.69) is 4.72 Å². The molecule has 2 fully saturated rings. The Hall–Kier alpha value is -0.130. The Morgan fingerprint density at radius 1 is 0.882 bits per heavy atom. The quantitative estimate of drug-likeness (QED) is 0.810. The molecular weight excluding hydrogens is 238 g/mol. The highest BCUT2D eigenvalue weighted by molar-refractivity contribution is 7.90. The van der Waals surface area contributed by atoms with E-state index in [1.165, 1.54) is 0 Å². The van der Waals surface area contributed by atoms with Gasteiger partial charge in [-0.3, -0.25) is 0 Å². The van der Waals surface area contributed by atoms with E-state index in [-0.39, 0.29) is 11.3 Å². The summed E-state index contributed by atoms with van der Waals surface area (Å²) in [4.78, 5) is 0. The summed E-state index contributed by atoms with van der Waals surface area (Å²) in [5, 5.41) is 9.57. The summed E-state index contributed by atoms with van der Waals surface area (Å²) in [5.74, 6) is 0. The fourth-order valence-electron chi connectivity index (χ4n) is 2.93. The molecular formula is C12H23NO3S. The Morgan fingerprint density at radius 2 is 1.47 bits per heavy atom. The zero-order valence-electron chi connectivity index (χ0n) is 10.3. The first-order chi connectivity index (χ1) is 8.09. The minimum atomic E-state index is -3.23. The van der Waals surface area contributed by atoms with Gasteiger partial charge in [0.1, 0.15) is 0 Å². The lowest BCUT2D eigenvalue weighted by Crippen LogP contribution is -2.48. The van der Waals surface area contributed by atoms with Gasteiger partial charge in [-0.25, -0.2) is 13.1 Å². The van der Waals surface area contributed by atoms with Crippen LogP contribution in [0.5, 0.6) is 0 Å². The standard InChI is InChI=1S/C12H23NO3S/c14-12-9-5-4-8-11(12)13-17(15,16)10-6-2-1-3-7-10/h10-14H,1-9H2. The molecule has 100 valence electrons. The second kappa shape index (κ2) is 5.67. The van der Waals surface area contributed by atoms with Crippen molar-refractivity contribution in [2.24, 2.45) is 0 Å². The maximum absolute atomic E-state index is 12.2. The number of aliphatic hydroxyl groups is 1. The highest BCUT2D eigenvalue weighted by Crippen LogP contribution is 2.25. The minimum absolute atomic E-state index is 0.231. The van der Waals surface area contributed by atoms with Crippen LogP contribution in [0.15, 0.2) is 0 Å². The lowest BCUT2D eigenvalue weighted by molar-refractivity contribution is 0.101. The number of hydrogen-bond acceptors (Lipinski definition) is 3. The summed E-state index contributed by atoms with van der Waals surface area (Å²) >= 11 is 0. The summed E-state index contributed by atoms with van der Waals surface area (Å²) < 4.78 is 27.1. The minimum Gasteiger partial charge on any atom is -0.391 e. The molecule has 2 aliphatic carbocycles. The largest absolute Gasteiger partial charge is 0.391 e. The van der Waals surface area contributed by atoms with Crippen molar-refractivity contribution in [2.45, 2.75) is 75.2 Å². The molecule has 4 nitrogen and oxygen atoms in total. The van der Waals surface area contributed by atoms with Crippen LogP contribution in [0.3, 0.4) is 0 Å². The van der Waals surface area contributed by atoms with Crippen molar-refractivity contribution in [3.05, 3.63) is 0 Å². The van der Waals surface area contributed by atoms with Gasteiger partial charge in [0, 0.05) is 6.04 Å². The average Bonchev–Trinajstić information content (AvgIpc) is 2.33. The molecule has 2 saturated carbocycles. The molecule has 17 heavy (non-hydrogen) atoms. The molecule has 0 amide bonds. The van der Waals surface area contributed by atoms with Crippen LogP contribution in [-0.4, -0.2) is 30.9 Å². The van der Waals surface area contributed by atoms with Gasteiger partial charge in [0.25, 0.3) is 0 Å². The molecule has 2 unspecified atom stereocenters. The van der Waals surface area contributed by atoms with Crippen LogP contribution >= 0.6 is 0 Å². The van der Waals surface area contributed by atoms with Crippen molar-refractivity contribution < 1.29 is 13.5 Å². The number of rotatable bonds is 3. The first kappa shape index (κ1) is 13.3. The van der Waals surface area contributed by atoms with E-state index in [1.54, 1.807) is 0 Å². The van der Waals surface area contributed by atoms with E-state index in [4.69, 9.17) is 0 Å². The smallest absolute Gasteiger partial charge is 0.214 e. The predicted molar refractivity (Wildman–Crippen MR) is 67.2 cm³/mol. The zero-order chi connectivity index (χ0) is 12.3. The van der Waals surface area contributed by atoms with Crippen LogP contribution in [0, 0.1) is 0 Å². The number of sulfonamides is 1. The number of nitrogens with one attached hydrogen (secondary N) is 1. The number of aliphatic hydroxyl groups excluding tert-OH is 1. The van der Waals surface area contributed by atoms with Crippen molar-refractivity contribution >= 4 is 10.0 Å². The second-order valence-electron chi connectivity index (χ2n) is 5.38. The zero-order valence-corrected chi connectivity index (χ0v) is 11.1. The Morgan fingerprint density at radius 3 is 2.12 bits per heavy atom.